The molecule has 0 aromatic carbocycles. The first kappa shape index (κ1) is 17.2. The van der Waals surface area contributed by atoms with Crippen molar-refractivity contribution in [2.75, 3.05) is 39.8 Å². The molecule has 21 heavy (non-hydrogen) atoms. The Kier molecular flexibility index (Phi) is 6.10. The van der Waals surface area contributed by atoms with E-state index in [9.17, 15) is 0 Å². The first-order valence-electron chi connectivity index (χ1n) is 9.11. The van der Waals surface area contributed by atoms with Gasteiger partial charge in [-0.25, -0.2) is 0 Å². The van der Waals surface area contributed by atoms with Crippen LogP contribution in [0.2, 0.25) is 0 Å². The molecular formula is C18H37N3. The Morgan fingerprint density at radius 3 is 2.48 bits per heavy atom. The minimum atomic E-state index is 0.318. The fourth-order valence-electron chi connectivity index (χ4n) is 3.94. The van der Waals surface area contributed by atoms with Crippen molar-refractivity contribution in [1.29, 1.82) is 0 Å². The van der Waals surface area contributed by atoms with E-state index in [0.717, 1.165) is 24.4 Å². The summed E-state index contributed by atoms with van der Waals surface area (Å²) in [5, 5.41) is 3.80. The number of hydrogen-bond acceptors (Lipinski definition) is 3. The summed E-state index contributed by atoms with van der Waals surface area (Å²) in [5.74, 6) is 1.70. The second-order valence-electron chi connectivity index (χ2n) is 8.11. The van der Waals surface area contributed by atoms with Crippen molar-refractivity contribution in [3.05, 3.63) is 0 Å². The lowest BCUT2D eigenvalue weighted by molar-refractivity contribution is 0.0522. The zero-order valence-electron chi connectivity index (χ0n) is 15.0. The normalized spacial score (nSPS) is 33.7. The van der Waals surface area contributed by atoms with Gasteiger partial charge in [0, 0.05) is 24.7 Å². The molecule has 2 atom stereocenters. The fraction of sp³-hybridized carbons (Fsp3) is 1.00. The molecular weight excluding hydrogens is 258 g/mol. The molecule has 2 aliphatic rings. The maximum absolute atomic E-state index is 3.80. The summed E-state index contributed by atoms with van der Waals surface area (Å²) in [6.45, 7) is 15.7. The van der Waals surface area contributed by atoms with E-state index in [0.29, 0.717) is 5.54 Å². The highest BCUT2D eigenvalue weighted by molar-refractivity contribution is 4.95. The molecule has 0 spiro atoms. The van der Waals surface area contributed by atoms with Gasteiger partial charge in [0.15, 0.2) is 0 Å². The van der Waals surface area contributed by atoms with Crippen LogP contribution in [0, 0.1) is 11.8 Å². The summed E-state index contributed by atoms with van der Waals surface area (Å²) in [6.07, 6.45) is 5.43. The van der Waals surface area contributed by atoms with Crippen molar-refractivity contribution in [2.45, 2.75) is 65.0 Å². The molecule has 0 amide bonds. The molecule has 1 N–H and O–H groups in total. The van der Waals surface area contributed by atoms with Gasteiger partial charge in [0.2, 0.25) is 0 Å². The Labute approximate surface area is 132 Å². The molecule has 0 saturated carbocycles. The summed E-state index contributed by atoms with van der Waals surface area (Å²) in [4.78, 5) is 5.27. The van der Waals surface area contributed by atoms with Crippen LogP contribution >= 0.6 is 0 Å². The molecule has 2 unspecified atom stereocenters. The van der Waals surface area contributed by atoms with Gasteiger partial charge in [-0.15, -0.1) is 0 Å². The van der Waals surface area contributed by atoms with E-state index in [2.05, 4.69) is 49.9 Å². The van der Waals surface area contributed by atoms with Crippen LogP contribution in [0.5, 0.6) is 0 Å². The Balaban J connectivity index is 1.87. The quantitative estimate of drug-likeness (QED) is 0.841. The van der Waals surface area contributed by atoms with Crippen molar-refractivity contribution in [1.82, 2.24) is 15.1 Å². The summed E-state index contributed by atoms with van der Waals surface area (Å²) in [7, 11) is 2.26. The zero-order valence-corrected chi connectivity index (χ0v) is 15.0. The average molecular weight is 296 g/mol. The van der Waals surface area contributed by atoms with Crippen molar-refractivity contribution in [2.24, 2.45) is 11.8 Å². The Hall–Kier alpha value is -0.120. The molecule has 2 aliphatic heterocycles. The topological polar surface area (TPSA) is 18.5 Å². The lowest BCUT2D eigenvalue weighted by Gasteiger charge is -2.48. The molecule has 0 aromatic heterocycles. The highest BCUT2D eigenvalue weighted by Crippen LogP contribution is 2.25. The third kappa shape index (κ3) is 4.67. The Morgan fingerprint density at radius 1 is 1.24 bits per heavy atom. The molecule has 2 fully saturated rings. The third-order valence-corrected chi connectivity index (χ3v) is 5.97. The van der Waals surface area contributed by atoms with E-state index in [1.807, 2.05) is 0 Å². The van der Waals surface area contributed by atoms with Gasteiger partial charge < -0.3 is 10.2 Å². The Morgan fingerprint density at radius 2 is 1.90 bits per heavy atom. The van der Waals surface area contributed by atoms with Crippen molar-refractivity contribution in [3.8, 4) is 0 Å². The minimum Gasteiger partial charge on any atom is -0.309 e. The molecule has 2 saturated heterocycles. The minimum absolute atomic E-state index is 0.318. The third-order valence-electron chi connectivity index (χ3n) is 5.97. The second kappa shape index (κ2) is 7.43. The summed E-state index contributed by atoms with van der Waals surface area (Å²) >= 11 is 0. The number of piperazine rings is 1. The average Bonchev–Trinajstić information content (AvgIpc) is 2.46. The molecule has 124 valence electrons. The van der Waals surface area contributed by atoms with Gasteiger partial charge in [-0.05, 0) is 71.1 Å². The monoisotopic (exact) mass is 295 g/mol. The van der Waals surface area contributed by atoms with Crippen LogP contribution in [0.25, 0.3) is 0 Å². The van der Waals surface area contributed by atoms with Gasteiger partial charge in [0.25, 0.3) is 0 Å². The van der Waals surface area contributed by atoms with Crippen LogP contribution in [0.15, 0.2) is 0 Å². The number of nitrogens with zero attached hydrogens (tertiary/aromatic N) is 2. The summed E-state index contributed by atoms with van der Waals surface area (Å²) in [6, 6.07) is 0.718. The predicted octanol–water partition coefficient (Wildman–Crippen LogP) is 2.82. The number of likely N-dealkylation sites (tertiary alicyclic amines) is 1. The zero-order chi connectivity index (χ0) is 15.5. The lowest BCUT2D eigenvalue weighted by Crippen LogP contribution is -2.64. The second-order valence-corrected chi connectivity index (χ2v) is 8.11. The van der Waals surface area contributed by atoms with E-state index in [1.165, 1.54) is 51.9 Å². The molecule has 0 aliphatic carbocycles. The first-order chi connectivity index (χ1) is 9.93. The molecule has 2 rings (SSSR count). The van der Waals surface area contributed by atoms with Crippen LogP contribution < -0.4 is 5.32 Å². The van der Waals surface area contributed by atoms with E-state index in [-0.39, 0.29) is 0 Å². The highest BCUT2D eigenvalue weighted by Gasteiger charge is 2.35. The largest absolute Gasteiger partial charge is 0.309 e. The molecule has 2 heterocycles. The van der Waals surface area contributed by atoms with Gasteiger partial charge in [0.1, 0.15) is 0 Å². The summed E-state index contributed by atoms with van der Waals surface area (Å²) in [5.41, 5.74) is 0.318. The molecule has 0 radical (unpaired) electrons. The van der Waals surface area contributed by atoms with Gasteiger partial charge in [-0.1, -0.05) is 20.8 Å². The van der Waals surface area contributed by atoms with Crippen molar-refractivity contribution >= 4 is 0 Å². The van der Waals surface area contributed by atoms with Gasteiger partial charge in [-0.2, -0.15) is 0 Å². The lowest BCUT2D eigenvalue weighted by atomic mass is 9.88. The van der Waals surface area contributed by atoms with Crippen LogP contribution in [0.3, 0.4) is 0 Å². The number of nitrogens with one attached hydrogen (secondary N) is 1. The van der Waals surface area contributed by atoms with Crippen molar-refractivity contribution in [3.63, 3.8) is 0 Å². The predicted molar refractivity (Wildman–Crippen MR) is 91.7 cm³/mol. The molecule has 3 heteroatoms. The van der Waals surface area contributed by atoms with E-state index in [4.69, 9.17) is 0 Å². The van der Waals surface area contributed by atoms with Crippen LogP contribution in [-0.2, 0) is 0 Å². The van der Waals surface area contributed by atoms with Crippen LogP contribution in [0.4, 0.5) is 0 Å². The number of rotatable bonds is 5. The SMILES string of the molecule is CCC1(C)CN(CCC2CCN(C)CC2)C(C(C)C)CN1. The fourth-order valence-corrected chi connectivity index (χ4v) is 3.94. The standard InChI is InChI=1S/C18H37N3/c1-6-18(4)14-21(17(13-19-18)15(2)3)12-9-16-7-10-20(5)11-8-16/h15-17,19H,6-14H2,1-5H3. The van der Waals surface area contributed by atoms with Gasteiger partial charge in [-0.3, -0.25) is 4.90 Å². The van der Waals surface area contributed by atoms with Crippen LogP contribution in [0.1, 0.15) is 53.4 Å². The Bertz CT molecular complexity index is 310. The van der Waals surface area contributed by atoms with E-state index in [1.54, 1.807) is 0 Å². The van der Waals surface area contributed by atoms with Gasteiger partial charge >= 0.3 is 0 Å². The first-order valence-corrected chi connectivity index (χ1v) is 9.11. The molecule has 3 nitrogen and oxygen atoms in total. The maximum Gasteiger partial charge on any atom is 0.0278 e. The summed E-state index contributed by atoms with van der Waals surface area (Å²) < 4.78 is 0. The van der Waals surface area contributed by atoms with E-state index >= 15 is 0 Å². The number of piperidine rings is 1. The highest BCUT2D eigenvalue weighted by atomic mass is 15.3. The van der Waals surface area contributed by atoms with E-state index < -0.39 is 0 Å². The smallest absolute Gasteiger partial charge is 0.0278 e. The van der Waals surface area contributed by atoms with Crippen LogP contribution in [-0.4, -0.2) is 61.2 Å². The number of hydrogen-bond donors (Lipinski definition) is 1. The maximum atomic E-state index is 3.80. The molecule has 0 bridgehead atoms. The van der Waals surface area contributed by atoms with Crippen molar-refractivity contribution < 1.29 is 0 Å². The molecule has 0 aromatic rings. The van der Waals surface area contributed by atoms with Gasteiger partial charge in [0.05, 0.1) is 0 Å².